The largest absolute Gasteiger partial charge is 0.382 e. The van der Waals surface area contributed by atoms with E-state index < -0.39 is 0 Å². The van der Waals surface area contributed by atoms with E-state index in [1.807, 2.05) is 0 Å². The standard InChI is InChI=1S/C17H27NO/c1-4-5-17-12-16(10-11-19-17)18-15-8-6-14(7-9-15)13(2)3/h6-9,13,16-18H,4-5,10-12H2,1-3H3. The van der Waals surface area contributed by atoms with Crippen molar-refractivity contribution in [2.75, 3.05) is 11.9 Å². The summed E-state index contributed by atoms with van der Waals surface area (Å²) >= 11 is 0. The van der Waals surface area contributed by atoms with E-state index in [2.05, 4.69) is 50.4 Å². The topological polar surface area (TPSA) is 21.3 Å². The Labute approximate surface area is 117 Å². The van der Waals surface area contributed by atoms with Gasteiger partial charge < -0.3 is 10.1 Å². The molecule has 0 aromatic heterocycles. The van der Waals surface area contributed by atoms with Gasteiger partial charge in [0.2, 0.25) is 0 Å². The SMILES string of the molecule is CCCC1CC(Nc2ccc(C(C)C)cc2)CCO1. The van der Waals surface area contributed by atoms with Crippen molar-refractivity contribution in [2.24, 2.45) is 0 Å². The molecule has 2 unspecified atom stereocenters. The Morgan fingerprint density at radius 2 is 2.00 bits per heavy atom. The monoisotopic (exact) mass is 261 g/mol. The summed E-state index contributed by atoms with van der Waals surface area (Å²) in [5.74, 6) is 0.603. The van der Waals surface area contributed by atoms with E-state index in [9.17, 15) is 0 Å². The molecule has 0 spiro atoms. The van der Waals surface area contributed by atoms with Crippen molar-refractivity contribution in [1.82, 2.24) is 0 Å². The quantitative estimate of drug-likeness (QED) is 0.838. The molecule has 1 heterocycles. The first kappa shape index (κ1) is 14.4. The minimum absolute atomic E-state index is 0.450. The first-order valence-corrected chi connectivity index (χ1v) is 7.67. The Hall–Kier alpha value is -1.02. The molecule has 2 nitrogen and oxygen atoms in total. The summed E-state index contributed by atoms with van der Waals surface area (Å²) in [6.45, 7) is 7.59. The van der Waals surface area contributed by atoms with E-state index in [4.69, 9.17) is 4.74 Å². The Morgan fingerprint density at radius 1 is 1.26 bits per heavy atom. The molecule has 1 N–H and O–H groups in total. The lowest BCUT2D eigenvalue weighted by atomic mass is 9.99. The highest BCUT2D eigenvalue weighted by Crippen LogP contribution is 2.23. The lowest BCUT2D eigenvalue weighted by Gasteiger charge is -2.30. The molecule has 2 rings (SSSR count). The maximum absolute atomic E-state index is 5.80. The maximum Gasteiger partial charge on any atom is 0.0594 e. The van der Waals surface area contributed by atoms with E-state index in [0.29, 0.717) is 18.1 Å². The Balaban J connectivity index is 1.89. The third-order valence-corrected chi connectivity index (χ3v) is 3.93. The number of benzene rings is 1. The van der Waals surface area contributed by atoms with Crippen molar-refractivity contribution in [3.8, 4) is 0 Å². The number of hydrogen-bond acceptors (Lipinski definition) is 2. The molecular weight excluding hydrogens is 234 g/mol. The van der Waals surface area contributed by atoms with Gasteiger partial charge in [-0.05, 0) is 42.9 Å². The van der Waals surface area contributed by atoms with Gasteiger partial charge in [-0.15, -0.1) is 0 Å². The van der Waals surface area contributed by atoms with E-state index in [-0.39, 0.29) is 0 Å². The average Bonchev–Trinajstić information content (AvgIpc) is 2.40. The second kappa shape index (κ2) is 6.95. The van der Waals surface area contributed by atoms with Crippen LogP contribution in [0.4, 0.5) is 5.69 Å². The van der Waals surface area contributed by atoms with Gasteiger partial charge in [-0.25, -0.2) is 0 Å². The van der Waals surface area contributed by atoms with Gasteiger partial charge in [0.05, 0.1) is 6.10 Å². The molecule has 2 atom stereocenters. The van der Waals surface area contributed by atoms with Gasteiger partial charge in [0.15, 0.2) is 0 Å². The number of rotatable bonds is 5. The zero-order valence-corrected chi connectivity index (χ0v) is 12.5. The van der Waals surface area contributed by atoms with Gasteiger partial charge in [-0.2, -0.15) is 0 Å². The second-order valence-corrected chi connectivity index (χ2v) is 5.92. The van der Waals surface area contributed by atoms with Crippen molar-refractivity contribution >= 4 is 5.69 Å². The van der Waals surface area contributed by atoms with Crippen LogP contribution in [-0.4, -0.2) is 18.8 Å². The predicted octanol–water partition coefficient (Wildman–Crippen LogP) is 4.57. The number of hydrogen-bond donors (Lipinski definition) is 1. The van der Waals surface area contributed by atoms with Gasteiger partial charge in [-0.3, -0.25) is 0 Å². The molecule has 1 saturated heterocycles. The van der Waals surface area contributed by atoms with Gasteiger partial charge in [-0.1, -0.05) is 39.3 Å². The van der Waals surface area contributed by atoms with Crippen LogP contribution < -0.4 is 5.32 Å². The molecular formula is C17H27NO. The smallest absolute Gasteiger partial charge is 0.0594 e. The van der Waals surface area contributed by atoms with Crippen molar-refractivity contribution in [3.63, 3.8) is 0 Å². The lowest BCUT2D eigenvalue weighted by Crippen LogP contribution is -2.33. The summed E-state index contributed by atoms with van der Waals surface area (Å²) in [7, 11) is 0. The van der Waals surface area contributed by atoms with E-state index in [1.165, 1.54) is 24.1 Å². The lowest BCUT2D eigenvalue weighted by molar-refractivity contribution is 0.00598. The fraction of sp³-hybridized carbons (Fsp3) is 0.647. The molecule has 1 aliphatic heterocycles. The highest BCUT2D eigenvalue weighted by Gasteiger charge is 2.21. The molecule has 106 valence electrons. The molecule has 1 aliphatic rings. The molecule has 0 radical (unpaired) electrons. The molecule has 19 heavy (non-hydrogen) atoms. The summed E-state index contributed by atoms with van der Waals surface area (Å²) < 4.78 is 5.80. The van der Waals surface area contributed by atoms with Gasteiger partial charge >= 0.3 is 0 Å². The third kappa shape index (κ3) is 4.24. The van der Waals surface area contributed by atoms with Crippen molar-refractivity contribution in [2.45, 2.75) is 64.5 Å². The number of anilines is 1. The van der Waals surface area contributed by atoms with Crippen LogP contribution in [-0.2, 0) is 4.74 Å². The van der Waals surface area contributed by atoms with Crippen LogP contribution >= 0.6 is 0 Å². The molecule has 0 saturated carbocycles. The molecule has 0 amide bonds. The first-order chi connectivity index (χ1) is 9.19. The third-order valence-electron chi connectivity index (χ3n) is 3.93. The fourth-order valence-corrected chi connectivity index (χ4v) is 2.73. The van der Waals surface area contributed by atoms with Crippen LogP contribution in [0.3, 0.4) is 0 Å². The number of nitrogens with one attached hydrogen (secondary N) is 1. The highest BCUT2D eigenvalue weighted by molar-refractivity contribution is 5.46. The van der Waals surface area contributed by atoms with Crippen molar-refractivity contribution in [3.05, 3.63) is 29.8 Å². The Kier molecular flexibility index (Phi) is 5.26. The molecule has 1 aromatic carbocycles. The Morgan fingerprint density at radius 3 is 2.63 bits per heavy atom. The minimum atomic E-state index is 0.450. The van der Waals surface area contributed by atoms with Gasteiger partial charge in [0.25, 0.3) is 0 Å². The second-order valence-electron chi connectivity index (χ2n) is 5.92. The zero-order valence-electron chi connectivity index (χ0n) is 12.5. The molecule has 1 fully saturated rings. The Bertz CT molecular complexity index is 369. The summed E-state index contributed by atoms with van der Waals surface area (Å²) in [6, 6.07) is 9.44. The maximum atomic E-state index is 5.80. The average molecular weight is 261 g/mol. The summed E-state index contributed by atoms with van der Waals surface area (Å²) in [4.78, 5) is 0. The summed E-state index contributed by atoms with van der Waals surface area (Å²) in [6.07, 6.45) is 5.10. The van der Waals surface area contributed by atoms with E-state index in [1.54, 1.807) is 0 Å². The molecule has 0 aliphatic carbocycles. The first-order valence-electron chi connectivity index (χ1n) is 7.67. The van der Waals surface area contributed by atoms with Crippen LogP contribution in [0.15, 0.2) is 24.3 Å². The van der Waals surface area contributed by atoms with Crippen LogP contribution in [0.1, 0.15) is 57.9 Å². The molecule has 1 aromatic rings. The highest BCUT2D eigenvalue weighted by atomic mass is 16.5. The molecule has 2 heteroatoms. The van der Waals surface area contributed by atoms with E-state index >= 15 is 0 Å². The normalized spacial score (nSPS) is 23.6. The van der Waals surface area contributed by atoms with Crippen LogP contribution in [0, 0.1) is 0 Å². The van der Waals surface area contributed by atoms with Crippen LogP contribution in [0.2, 0.25) is 0 Å². The fourth-order valence-electron chi connectivity index (χ4n) is 2.73. The van der Waals surface area contributed by atoms with Crippen LogP contribution in [0.25, 0.3) is 0 Å². The van der Waals surface area contributed by atoms with Crippen LogP contribution in [0.5, 0.6) is 0 Å². The summed E-state index contributed by atoms with van der Waals surface area (Å²) in [5, 5.41) is 3.66. The molecule has 0 bridgehead atoms. The van der Waals surface area contributed by atoms with Crippen molar-refractivity contribution < 1.29 is 4.74 Å². The zero-order chi connectivity index (χ0) is 13.7. The minimum Gasteiger partial charge on any atom is -0.382 e. The van der Waals surface area contributed by atoms with Gasteiger partial charge in [0.1, 0.15) is 0 Å². The van der Waals surface area contributed by atoms with Crippen molar-refractivity contribution in [1.29, 1.82) is 0 Å². The number of ether oxygens (including phenoxy) is 1. The summed E-state index contributed by atoms with van der Waals surface area (Å²) in [5.41, 5.74) is 2.65. The van der Waals surface area contributed by atoms with Gasteiger partial charge in [0, 0.05) is 18.3 Å². The van der Waals surface area contributed by atoms with E-state index in [0.717, 1.165) is 19.4 Å². The predicted molar refractivity (Wildman–Crippen MR) is 81.8 cm³/mol.